The Morgan fingerprint density at radius 3 is 2.17 bits per heavy atom. The standard InChI is InChI=1S/C18H32N4O7.C11H14O/c1-12(23)20-10-14(24)22-13(16(26)21-11-15(25)28-5)8-6-7-9-19-17(27)29-18(2,3)4;1-3-4-9-12-11-7-5-10(2)6-8-11/h13H,6-11H2,1-5H3,(H,19,27)(H,20,23)(H,21,26)(H,22,24);3-8H,9H2,1-2H3/b;4-3-. The van der Waals surface area contributed by atoms with Crippen LogP contribution in [0.25, 0.3) is 0 Å². The Bertz CT molecular complexity index is 988. The highest BCUT2D eigenvalue weighted by Crippen LogP contribution is 2.11. The van der Waals surface area contributed by atoms with Gasteiger partial charge in [0.2, 0.25) is 17.7 Å². The number of carbonyl (C=O) groups is 5. The van der Waals surface area contributed by atoms with E-state index in [2.05, 4.69) is 32.9 Å². The molecule has 0 spiro atoms. The molecule has 0 radical (unpaired) electrons. The lowest BCUT2D eigenvalue weighted by atomic mass is 10.1. The van der Waals surface area contributed by atoms with Gasteiger partial charge in [0.25, 0.3) is 0 Å². The average Bonchev–Trinajstić information content (AvgIpc) is 2.90. The molecule has 1 unspecified atom stereocenters. The monoisotopic (exact) mass is 578 g/mol. The first kappa shape index (κ1) is 36.9. The van der Waals surface area contributed by atoms with Crippen LogP contribution in [0.1, 0.15) is 59.4 Å². The molecule has 4 N–H and O–H groups in total. The maximum atomic E-state index is 12.3. The van der Waals surface area contributed by atoms with Gasteiger partial charge >= 0.3 is 12.1 Å². The molecule has 0 aliphatic rings. The molecular weight excluding hydrogens is 532 g/mol. The van der Waals surface area contributed by atoms with Gasteiger partial charge in [-0.05, 0) is 66.0 Å². The summed E-state index contributed by atoms with van der Waals surface area (Å²) in [5.74, 6) is -1.15. The van der Waals surface area contributed by atoms with Gasteiger partial charge in [-0.15, -0.1) is 0 Å². The van der Waals surface area contributed by atoms with E-state index < -0.39 is 35.5 Å². The number of aryl methyl sites for hydroxylation is 1. The largest absolute Gasteiger partial charge is 0.490 e. The van der Waals surface area contributed by atoms with Crippen LogP contribution in [0.2, 0.25) is 0 Å². The van der Waals surface area contributed by atoms with Gasteiger partial charge in [-0.25, -0.2) is 4.79 Å². The van der Waals surface area contributed by atoms with Crippen molar-refractivity contribution in [2.24, 2.45) is 0 Å². The van der Waals surface area contributed by atoms with Crippen LogP contribution < -0.4 is 26.0 Å². The molecule has 12 nitrogen and oxygen atoms in total. The number of alkyl carbamates (subject to hydrolysis) is 1. The lowest BCUT2D eigenvalue weighted by molar-refractivity contribution is -0.141. The number of esters is 1. The van der Waals surface area contributed by atoms with E-state index in [-0.39, 0.29) is 25.4 Å². The number of rotatable bonds is 14. The van der Waals surface area contributed by atoms with Gasteiger partial charge in [-0.2, -0.15) is 0 Å². The van der Waals surface area contributed by atoms with Gasteiger partial charge in [-0.3, -0.25) is 19.2 Å². The van der Waals surface area contributed by atoms with E-state index in [0.29, 0.717) is 26.0 Å². The molecule has 0 bridgehead atoms. The number of benzene rings is 1. The third kappa shape index (κ3) is 21.4. The van der Waals surface area contributed by atoms with E-state index in [4.69, 9.17) is 9.47 Å². The lowest BCUT2D eigenvalue weighted by Gasteiger charge is -2.20. The second-order valence-corrected chi connectivity index (χ2v) is 9.94. The third-order valence-electron chi connectivity index (χ3n) is 4.97. The topological polar surface area (TPSA) is 161 Å². The van der Waals surface area contributed by atoms with Crippen LogP contribution in [0, 0.1) is 6.92 Å². The van der Waals surface area contributed by atoms with E-state index in [1.165, 1.54) is 19.6 Å². The summed E-state index contributed by atoms with van der Waals surface area (Å²) in [5, 5.41) is 9.84. The first-order valence-corrected chi connectivity index (χ1v) is 13.4. The Balaban J connectivity index is 0.00000110. The van der Waals surface area contributed by atoms with E-state index >= 15 is 0 Å². The highest BCUT2D eigenvalue weighted by Gasteiger charge is 2.21. The maximum absolute atomic E-state index is 12.3. The summed E-state index contributed by atoms with van der Waals surface area (Å²) < 4.78 is 15.0. The number of nitrogens with one attached hydrogen (secondary N) is 4. The molecule has 0 fully saturated rings. The number of amides is 4. The number of methoxy groups -OCH3 is 1. The van der Waals surface area contributed by atoms with Gasteiger partial charge in [0, 0.05) is 13.5 Å². The van der Waals surface area contributed by atoms with Crippen molar-refractivity contribution in [2.75, 3.05) is 33.4 Å². The average molecular weight is 579 g/mol. The van der Waals surface area contributed by atoms with Gasteiger partial charge in [0.1, 0.15) is 30.5 Å². The molecule has 0 aliphatic carbocycles. The summed E-state index contributed by atoms with van der Waals surface area (Å²) in [5.41, 5.74) is 0.666. The second-order valence-electron chi connectivity index (χ2n) is 9.94. The first-order chi connectivity index (χ1) is 19.3. The molecular formula is C29H46N4O8. The maximum Gasteiger partial charge on any atom is 0.407 e. The van der Waals surface area contributed by atoms with Crippen molar-refractivity contribution in [1.29, 1.82) is 0 Å². The van der Waals surface area contributed by atoms with Gasteiger partial charge in [0.05, 0.1) is 13.7 Å². The van der Waals surface area contributed by atoms with Crippen molar-refractivity contribution in [3.63, 3.8) is 0 Å². The highest BCUT2D eigenvalue weighted by atomic mass is 16.6. The predicted molar refractivity (Wildman–Crippen MR) is 155 cm³/mol. The van der Waals surface area contributed by atoms with Crippen molar-refractivity contribution in [2.45, 2.75) is 72.4 Å². The fraction of sp³-hybridized carbons (Fsp3) is 0.552. The quantitative estimate of drug-likeness (QED) is 0.149. The molecule has 12 heteroatoms. The van der Waals surface area contributed by atoms with Crippen LogP contribution in [0.3, 0.4) is 0 Å². The zero-order valence-electron chi connectivity index (χ0n) is 25.3. The molecule has 230 valence electrons. The zero-order chi connectivity index (χ0) is 31.3. The minimum atomic E-state index is -0.901. The molecule has 41 heavy (non-hydrogen) atoms. The van der Waals surface area contributed by atoms with Crippen molar-refractivity contribution < 1.29 is 38.2 Å². The van der Waals surface area contributed by atoms with Crippen LogP contribution in [0.5, 0.6) is 5.75 Å². The number of ether oxygens (including phenoxy) is 3. The van der Waals surface area contributed by atoms with Crippen molar-refractivity contribution >= 4 is 29.8 Å². The molecule has 4 amide bonds. The summed E-state index contributed by atoms with van der Waals surface area (Å²) in [4.78, 5) is 57.8. The number of hydrogen-bond donors (Lipinski definition) is 4. The molecule has 1 rings (SSSR count). The fourth-order valence-electron chi connectivity index (χ4n) is 2.93. The number of allylic oxidation sites excluding steroid dienone is 1. The van der Waals surface area contributed by atoms with E-state index in [9.17, 15) is 24.0 Å². The highest BCUT2D eigenvalue weighted by molar-refractivity contribution is 5.91. The molecule has 1 atom stereocenters. The SMILES string of the molecule is C/C=C\COc1ccc(C)cc1.COC(=O)CNC(=O)C(CCCCNC(=O)OC(C)(C)C)NC(=O)CNC(C)=O. The predicted octanol–water partition coefficient (Wildman–Crippen LogP) is 2.54. The Hall–Kier alpha value is -4.09. The van der Waals surface area contributed by atoms with Crippen LogP contribution >= 0.6 is 0 Å². The number of hydrogen-bond acceptors (Lipinski definition) is 8. The molecule has 0 saturated heterocycles. The second kappa shape index (κ2) is 20.8. The molecule has 1 aromatic rings. The van der Waals surface area contributed by atoms with E-state index in [0.717, 1.165) is 5.75 Å². The molecule has 0 aliphatic heterocycles. The molecule has 0 saturated carbocycles. The van der Waals surface area contributed by atoms with Gasteiger partial charge < -0.3 is 35.5 Å². The Morgan fingerprint density at radius 2 is 1.61 bits per heavy atom. The van der Waals surface area contributed by atoms with E-state index in [1.807, 2.05) is 43.3 Å². The van der Waals surface area contributed by atoms with Crippen molar-refractivity contribution in [3.8, 4) is 5.75 Å². The summed E-state index contributed by atoms with van der Waals surface area (Å²) in [7, 11) is 1.19. The van der Waals surface area contributed by atoms with Crippen LogP contribution in [0.15, 0.2) is 36.4 Å². The molecule has 1 aromatic carbocycles. The van der Waals surface area contributed by atoms with Gasteiger partial charge in [-0.1, -0.05) is 29.8 Å². The van der Waals surface area contributed by atoms with Crippen LogP contribution in [-0.2, 0) is 28.7 Å². The van der Waals surface area contributed by atoms with Gasteiger partial charge in [0.15, 0.2) is 0 Å². The Morgan fingerprint density at radius 1 is 0.951 bits per heavy atom. The zero-order valence-corrected chi connectivity index (χ0v) is 25.3. The molecule has 0 heterocycles. The lowest BCUT2D eigenvalue weighted by Crippen LogP contribution is -2.50. The minimum Gasteiger partial charge on any atom is -0.490 e. The summed E-state index contributed by atoms with van der Waals surface area (Å²) >= 11 is 0. The van der Waals surface area contributed by atoms with Crippen molar-refractivity contribution in [1.82, 2.24) is 21.3 Å². The first-order valence-electron chi connectivity index (χ1n) is 13.4. The molecule has 0 aromatic heterocycles. The summed E-state index contributed by atoms with van der Waals surface area (Å²) in [6, 6.07) is 7.16. The Kier molecular flexibility index (Phi) is 18.7. The Labute approximate surface area is 242 Å². The fourth-order valence-corrected chi connectivity index (χ4v) is 2.93. The summed E-state index contributed by atoms with van der Waals surface area (Å²) in [6.07, 6.45) is 4.75. The van der Waals surface area contributed by atoms with Crippen molar-refractivity contribution in [3.05, 3.63) is 42.0 Å². The summed E-state index contributed by atoms with van der Waals surface area (Å²) in [6.45, 7) is 11.0. The van der Waals surface area contributed by atoms with E-state index in [1.54, 1.807) is 20.8 Å². The third-order valence-corrected chi connectivity index (χ3v) is 4.97. The number of unbranched alkanes of at least 4 members (excludes halogenated alkanes) is 1. The normalized spacial score (nSPS) is 11.3. The smallest absolute Gasteiger partial charge is 0.407 e. The van der Waals surface area contributed by atoms with Crippen LogP contribution in [0.4, 0.5) is 4.79 Å². The minimum absolute atomic E-state index is 0.268. The number of carbonyl (C=O) groups excluding carboxylic acids is 5. The van der Waals surface area contributed by atoms with Crippen LogP contribution in [-0.4, -0.2) is 74.8 Å².